The minimum atomic E-state index is 0.119. The molecule has 8 aromatic carbocycles. The lowest BCUT2D eigenvalue weighted by Crippen LogP contribution is -2.33. The van der Waals surface area contributed by atoms with Crippen LogP contribution < -0.4 is 0 Å². The molecular formula is C55H42N4S. The Hall–Kier alpha value is -6.69. The molecule has 0 amide bonds. The van der Waals surface area contributed by atoms with Crippen LogP contribution in [0.4, 0.5) is 0 Å². The summed E-state index contributed by atoms with van der Waals surface area (Å²) in [5.41, 5.74) is 9.80. The van der Waals surface area contributed by atoms with Crippen molar-refractivity contribution in [3.8, 4) is 39.9 Å². The number of rotatable bonds is 4. The van der Waals surface area contributed by atoms with Crippen molar-refractivity contribution in [3.63, 3.8) is 0 Å². The van der Waals surface area contributed by atoms with Crippen LogP contribution in [0.2, 0.25) is 0 Å². The van der Waals surface area contributed by atoms with Crippen molar-refractivity contribution in [2.45, 2.75) is 51.4 Å². The largest absolute Gasteiger partial charge is 0.309 e. The van der Waals surface area contributed by atoms with Crippen molar-refractivity contribution >= 4 is 74.9 Å². The van der Waals surface area contributed by atoms with E-state index in [0.29, 0.717) is 17.5 Å². The third kappa shape index (κ3) is 5.45. The number of hydrogen-bond acceptors (Lipinski definition) is 4. The highest BCUT2D eigenvalue weighted by molar-refractivity contribution is 7.25. The zero-order chi connectivity index (χ0) is 40.3. The number of aromatic nitrogens is 4. The Labute approximate surface area is 352 Å². The Bertz CT molecular complexity index is 3560. The van der Waals surface area contributed by atoms with Crippen LogP contribution in [-0.4, -0.2) is 19.5 Å². The van der Waals surface area contributed by atoms with E-state index in [1.807, 2.05) is 11.3 Å². The number of fused-ring (bicyclic) bond motifs is 9. The number of thiophene rings is 1. The normalized spacial score (nSPS) is 14.8. The standard InChI is InChI=1S/C55H42N4S/c1-54(2)26-27-55(3,4)46-32-48-43(31-45(46)54)40-15-7-9-18-47(40)59(48)38-24-22-34-28-36(21-20-35(34)29-38)51-56-52(37-23-25-50-44(30-37)41-16-8-10-19-49(41)60-50)58-53(57-51)42-17-11-13-33-12-5-6-14-39(33)42/h5-25,28-32H,26-27H2,1-4H3. The first-order valence-corrected chi connectivity index (χ1v) is 21.8. The van der Waals surface area contributed by atoms with Crippen molar-refractivity contribution in [1.82, 2.24) is 19.5 Å². The third-order valence-corrected chi connectivity index (χ3v) is 14.4. The fourth-order valence-corrected chi connectivity index (χ4v) is 10.9. The van der Waals surface area contributed by atoms with Gasteiger partial charge in [0.1, 0.15) is 0 Å². The van der Waals surface area contributed by atoms with Crippen molar-refractivity contribution in [2.75, 3.05) is 0 Å². The molecule has 0 unspecified atom stereocenters. The van der Waals surface area contributed by atoms with Crippen LogP contribution in [0.3, 0.4) is 0 Å². The summed E-state index contributed by atoms with van der Waals surface area (Å²) >= 11 is 1.82. The maximum absolute atomic E-state index is 5.22. The molecule has 60 heavy (non-hydrogen) atoms. The first-order chi connectivity index (χ1) is 29.2. The molecule has 0 saturated heterocycles. The SMILES string of the molecule is CC1(C)CCC(C)(C)c2cc3c(cc21)c1ccccc1n3-c1ccc2cc(-c3nc(-c4ccc5sc6ccccc6c5c4)nc(-c4cccc5ccccc45)n3)ccc2c1. The van der Waals surface area contributed by atoms with Gasteiger partial charge in [0.05, 0.1) is 11.0 Å². The molecule has 1 aliphatic carbocycles. The number of hydrogen-bond donors (Lipinski definition) is 0. The van der Waals surface area contributed by atoms with Gasteiger partial charge in [0.25, 0.3) is 0 Å². The molecule has 12 rings (SSSR count). The molecule has 0 radical (unpaired) electrons. The van der Waals surface area contributed by atoms with Gasteiger partial charge in [-0.05, 0) is 117 Å². The predicted octanol–water partition coefficient (Wildman–Crippen LogP) is 15.0. The monoisotopic (exact) mass is 790 g/mol. The lowest BCUT2D eigenvalue weighted by molar-refractivity contribution is 0.332. The Balaban J connectivity index is 1.01. The summed E-state index contributed by atoms with van der Waals surface area (Å²) in [5.74, 6) is 1.98. The van der Waals surface area contributed by atoms with Gasteiger partial charge in [-0.15, -0.1) is 11.3 Å². The topological polar surface area (TPSA) is 43.6 Å². The summed E-state index contributed by atoms with van der Waals surface area (Å²) in [7, 11) is 0. The summed E-state index contributed by atoms with van der Waals surface area (Å²) in [5, 5.41) is 9.67. The Morgan fingerprint density at radius 1 is 0.433 bits per heavy atom. The molecular weight excluding hydrogens is 749 g/mol. The van der Waals surface area contributed by atoms with E-state index in [1.165, 1.54) is 71.3 Å². The fraction of sp³-hybridized carbons (Fsp3) is 0.145. The molecule has 1 aliphatic rings. The summed E-state index contributed by atoms with van der Waals surface area (Å²) in [4.78, 5) is 15.6. The van der Waals surface area contributed by atoms with Crippen LogP contribution >= 0.6 is 11.3 Å². The predicted molar refractivity (Wildman–Crippen MR) is 254 cm³/mol. The fourth-order valence-electron chi connectivity index (χ4n) is 9.86. The van der Waals surface area contributed by atoms with Crippen LogP contribution in [-0.2, 0) is 10.8 Å². The van der Waals surface area contributed by atoms with E-state index >= 15 is 0 Å². The molecule has 5 heteroatoms. The molecule has 0 N–H and O–H groups in total. The highest BCUT2D eigenvalue weighted by Gasteiger charge is 2.38. The van der Waals surface area contributed by atoms with E-state index < -0.39 is 0 Å². The lowest BCUT2D eigenvalue weighted by atomic mass is 9.63. The van der Waals surface area contributed by atoms with Crippen molar-refractivity contribution in [1.29, 1.82) is 0 Å². The molecule has 0 spiro atoms. The van der Waals surface area contributed by atoms with Crippen LogP contribution in [0, 0.1) is 0 Å². The average Bonchev–Trinajstić information content (AvgIpc) is 3.82. The first kappa shape index (κ1) is 35.3. The smallest absolute Gasteiger partial charge is 0.164 e. The van der Waals surface area contributed by atoms with Crippen LogP contribution in [0.1, 0.15) is 51.7 Å². The highest BCUT2D eigenvalue weighted by Crippen LogP contribution is 2.49. The number of nitrogens with zero attached hydrogens (tertiary/aromatic N) is 4. The van der Waals surface area contributed by atoms with Gasteiger partial charge in [0, 0.05) is 53.3 Å². The molecule has 3 aromatic heterocycles. The van der Waals surface area contributed by atoms with E-state index in [1.54, 1.807) is 0 Å². The van der Waals surface area contributed by atoms with E-state index in [-0.39, 0.29) is 10.8 Å². The molecule has 3 heterocycles. The van der Waals surface area contributed by atoms with Gasteiger partial charge >= 0.3 is 0 Å². The molecule has 11 aromatic rings. The van der Waals surface area contributed by atoms with Gasteiger partial charge in [-0.2, -0.15) is 0 Å². The quantitative estimate of drug-likeness (QED) is 0.178. The zero-order valence-corrected chi connectivity index (χ0v) is 34.9. The molecule has 0 aliphatic heterocycles. The molecule has 4 nitrogen and oxygen atoms in total. The van der Waals surface area contributed by atoms with E-state index in [4.69, 9.17) is 15.0 Å². The highest BCUT2D eigenvalue weighted by atomic mass is 32.1. The second-order valence-corrected chi connectivity index (χ2v) is 19.0. The van der Waals surface area contributed by atoms with Crippen molar-refractivity contribution < 1.29 is 0 Å². The number of benzene rings is 8. The Kier molecular flexibility index (Phi) is 7.59. The summed E-state index contributed by atoms with van der Waals surface area (Å²) in [6.45, 7) is 9.66. The molecule has 0 fully saturated rings. The Morgan fingerprint density at radius 3 is 1.88 bits per heavy atom. The van der Waals surface area contributed by atoms with Crippen LogP contribution in [0.25, 0.3) is 103 Å². The van der Waals surface area contributed by atoms with Gasteiger partial charge in [-0.1, -0.05) is 125 Å². The minimum absolute atomic E-state index is 0.119. The van der Waals surface area contributed by atoms with E-state index in [0.717, 1.165) is 38.5 Å². The summed E-state index contributed by atoms with van der Waals surface area (Å²) in [6.07, 6.45) is 2.38. The maximum Gasteiger partial charge on any atom is 0.164 e. The van der Waals surface area contributed by atoms with Gasteiger partial charge < -0.3 is 4.57 Å². The van der Waals surface area contributed by atoms with E-state index in [2.05, 4.69) is 190 Å². The summed E-state index contributed by atoms with van der Waals surface area (Å²) in [6, 6.07) is 57.4. The van der Waals surface area contributed by atoms with Crippen molar-refractivity contribution in [3.05, 3.63) is 169 Å². The number of para-hydroxylation sites is 1. The second-order valence-electron chi connectivity index (χ2n) is 17.9. The summed E-state index contributed by atoms with van der Waals surface area (Å²) < 4.78 is 5.00. The molecule has 0 bridgehead atoms. The zero-order valence-electron chi connectivity index (χ0n) is 34.1. The Morgan fingerprint density at radius 2 is 1.05 bits per heavy atom. The van der Waals surface area contributed by atoms with Crippen molar-refractivity contribution in [2.24, 2.45) is 0 Å². The van der Waals surface area contributed by atoms with Gasteiger partial charge in [-0.3, -0.25) is 0 Å². The van der Waals surface area contributed by atoms with Crippen LogP contribution in [0.15, 0.2) is 158 Å². The van der Waals surface area contributed by atoms with Gasteiger partial charge in [-0.25, -0.2) is 15.0 Å². The van der Waals surface area contributed by atoms with E-state index in [9.17, 15) is 0 Å². The maximum atomic E-state index is 5.22. The van der Waals surface area contributed by atoms with Crippen LogP contribution in [0.5, 0.6) is 0 Å². The molecule has 288 valence electrons. The second kappa shape index (κ2) is 12.9. The van der Waals surface area contributed by atoms with Gasteiger partial charge in [0.15, 0.2) is 17.5 Å². The minimum Gasteiger partial charge on any atom is -0.309 e. The first-order valence-electron chi connectivity index (χ1n) is 21.0. The van der Waals surface area contributed by atoms with Gasteiger partial charge in [0.2, 0.25) is 0 Å². The average molecular weight is 791 g/mol. The lowest BCUT2D eigenvalue weighted by Gasteiger charge is -2.42. The molecule has 0 atom stereocenters. The molecule has 0 saturated carbocycles. The third-order valence-electron chi connectivity index (χ3n) is 13.3.